The van der Waals surface area contributed by atoms with Gasteiger partial charge in [0, 0.05) is 0 Å². The second-order valence-electron chi connectivity index (χ2n) is 11.1. The summed E-state index contributed by atoms with van der Waals surface area (Å²) < 4.78 is 0. The van der Waals surface area contributed by atoms with Crippen LogP contribution in [0.5, 0.6) is 0 Å². The molecule has 7 rings (SSSR count). The zero-order chi connectivity index (χ0) is 30.1. The highest BCUT2D eigenvalue weighted by atomic mass is 14.1. The predicted molar refractivity (Wildman–Crippen MR) is 190 cm³/mol. The molecule has 0 atom stereocenters. The molecule has 0 saturated carbocycles. The predicted octanol–water partition coefficient (Wildman–Crippen LogP) is 12.3. The topological polar surface area (TPSA) is 0 Å². The van der Waals surface area contributed by atoms with Crippen molar-refractivity contribution in [3.63, 3.8) is 0 Å². The maximum atomic E-state index is 2.29. The van der Waals surface area contributed by atoms with E-state index < -0.39 is 0 Å². The summed E-state index contributed by atoms with van der Waals surface area (Å²) in [5.74, 6) is 0. The summed E-state index contributed by atoms with van der Waals surface area (Å²) in [5.41, 5.74) is 15.3. The van der Waals surface area contributed by atoms with Crippen LogP contribution in [0.25, 0.3) is 55.6 Å². The van der Waals surface area contributed by atoms with Crippen molar-refractivity contribution in [3.8, 4) is 55.6 Å². The van der Waals surface area contributed by atoms with Gasteiger partial charge in [-0.25, -0.2) is 0 Å². The maximum absolute atomic E-state index is 2.29. The van der Waals surface area contributed by atoms with Crippen LogP contribution in [-0.2, 0) is 0 Å². The van der Waals surface area contributed by atoms with E-state index >= 15 is 0 Å². The van der Waals surface area contributed by atoms with Crippen molar-refractivity contribution in [2.24, 2.45) is 0 Å². The Morgan fingerprint density at radius 3 is 1.00 bits per heavy atom. The third-order valence-corrected chi connectivity index (χ3v) is 8.00. The fourth-order valence-corrected chi connectivity index (χ4v) is 5.71. The fraction of sp³-hybridized carbons (Fsp3) is 0.0455. The second kappa shape index (κ2) is 13.7. The number of hydrogen-bond donors (Lipinski definition) is 0. The first kappa shape index (κ1) is 28.6. The van der Waals surface area contributed by atoms with Crippen LogP contribution in [0.2, 0.25) is 0 Å². The minimum Gasteiger partial charge on any atom is -0.0622 e. The molecule has 0 fully saturated rings. The van der Waals surface area contributed by atoms with Gasteiger partial charge in [-0.1, -0.05) is 169 Å². The van der Waals surface area contributed by atoms with Crippen LogP contribution in [0.15, 0.2) is 182 Å². The standard InChI is InChI=1S/C25H20.C19H16/c1-19-9-8-14-22(15-19)25-17-23(20-10-4-2-5-11-20)16-24(18-25)21-12-6-3-7-13-21;1-15-18(16-9-4-2-5-10-16)13-8-14-19(15)17-11-6-3-7-12-17/h2-18H,1H3;2-14H,1H3. The molecule has 0 saturated heterocycles. The van der Waals surface area contributed by atoms with Crippen LogP contribution in [0, 0.1) is 13.8 Å². The summed E-state index contributed by atoms with van der Waals surface area (Å²) in [6.07, 6.45) is 0. The quantitative estimate of drug-likeness (QED) is 0.195. The Labute approximate surface area is 262 Å². The van der Waals surface area contributed by atoms with E-state index in [1.807, 2.05) is 0 Å². The van der Waals surface area contributed by atoms with Crippen molar-refractivity contribution < 1.29 is 0 Å². The Hall–Kier alpha value is -5.46. The third-order valence-electron chi connectivity index (χ3n) is 8.00. The van der Waals surface area contributed by atoms with Gasteiger partial charge in [0.05, 0.1) is 0 Å². The van der Waals surface area contributed by atoms with Crippen molar-refractivity contribution in [1.82, 2.24) is 0 Å². The van der Waals surface area contributed by atoms with Crippen LogP contribution in [0.4, 0.5) is 0 Å². The van der Waals surface area contributed by atoms with Crippen molar-refractivity contribution in [1.29, 1.82) is 0 Å². The molecule has 7 aromatic rings. The van der Waals surface area contributed by atoms with Gasteiger partial charge in [0.25, 0.3) is 0 Å². The molecule has 0 bridgehead atoms. The van der Waals surface area contributed by atoms with Crippen LogP contribution < -0.4 is 0 Å². The molecule has 212 valence electrons. The molecule has 0 unspecified atom stereocenters. The van der Waals surface area contributed by atoms with Gasteiger partial charge in [-0.15, -0.1) is 0 Å². The zero-order valence-electron chi connectivity index (χ0n) is 25.3. The fourth-order valence-electron chi connectivity index (χ4n) is 5.71. The summed E-state index contributed by atoms with van der Waals surface area (Å²) in [5, 5.41) is 0. The summed E-state index contributed by atoms with van der Waals surface area (Å²) in [7, 11) is 0. The van der Waals surface area contributed by atoms with E-state index in [-0.39, 0.29) is 0 Å². The number of hydrogen-bond acceptors (Lipinski definition) is 0. The number of benzene rings is 7. The average Bonchev–Trinajstić information content (AvgIpc) is 3.10. The van der Waals surface area contributed by atoms with E-state index in [1.165, 1.54) is 66.8 Å². The Balaban J connectivity index is 0.000000162. The molecule has 0 heterocycles. The average molecular weight is 565 g/mol. The molecule has 0 heteroatoms. The molecule has 0 radical (unpaired) electrons. The van der Waals surface area contributed by atoms with Gasteiger partial charge >= 0.3 is 0 Å². The summed E-state index contributed by atoms with van der Waals surface area (Å²) >= 11 is 0. The van der Waals surface area contributed by atoms with E-state index in [9.17, 15) is 0 Å². The minimum atomic E-state index is 1.24. The molecule has 0 aliphatic heterocycles. The van der Waals surface area contributed by atoms with Crippen LogP contribution in [-0.4, -0.2) is 0 Å². The third kappa shape index (κ3) is 6.77. The molecular weight excluding hydrogens is 528 g/mol. The molecule has 0 nitrogen and oxygen atoms in total. The lowest BCUT2D eigenvalue weighted by Crippen LogP contribution is -1.87. The molecule has 0 amide bonds. The van der Waals surface area contributed by atoms with Gasteiger partial charge in [0.2, 0.25) is 0 Å². The van der Waals surface area contributed by atoms with Gasteiger partial charge in [-0.2, -0.15) is 0 Å². The lowest BCUT2D eigenvalue weighted by atomic mass is 9.93. The highest BCUT2D eigenvalue weighted by molar-refractivity contribution is 5.81. The smallest absolute Gasteiger partial charge is 0.0149 e. The van der Waals surface area contributed by atoms with E-state index in [0.29, 0.717) is 0 Å². The molecule has 0 aliphatic carbocycles. The van der Waals surface area contributed by atoms with E-state index in [0.717, 1.165) is 0 Å². The lowest BCUT2D eigenvalue weighted by molar-refractivity contribution is 1.45. The van der Waals surface area contributed by atoms with Gasteiger partial charge in [0.1, 0.15) is 0 Å². The SMILES string of the molecule is Cc1c(-c2ccccc2)cccc1-c1ccccc1.Cc1cccc(-c2cc(-c3ccccc3)cc(-c3ccccc3)c2)c1. The molecule has 0 N–H and O–H groups in total. The lowest BCUT2D eigenvalue weighted by Gasteiger charge is -2.11. The molecule has 44 heavy (non-hydrogen) atoms. The maximum Gasteiger partial charge on any atom is -0.0149 e. The second-order valence-corrected chi connectivity index (χ2v) is 11.1. The van der Waals surface area contributed by atoms with Crippen LogP contribution in [0.3, 0.4) is 0 Å². The monoisotopic (exact) mass is 564 g/mol. The first-order chi connectivity index (χ1) is 21.7. The first-order valence-corrected chi connectivity index (χ1v) is 15.2. The Bertz CT molecular complexity index is 1820. The van der Waals surface area contributed by atoms with Crippen molar-refractivity contribution in [3.05, 3.63) is 193 Å². The molecule has 0 aliphatic rings. The molecule has 7 aromatic carbocycles. The Morgan fingerprint density at radius 2 is 0.591 bits per heavy atom. The first-order valence-electron chi connectivity index (χ1n) is 15.2. The normalized spacial score (nSPS) is 10.5. The van der Waals surface area contributed by atoms with Gasteiger partial charge in [0.15, 0.2) is 0 Å². The van der Waals surface area contributed by atoms with Crippen LogP contribution >= 0.6 is 0 Å². The largest absolute Gasteiger partial charge is 0.0622 e. The van der Waals surface area contributed by atoms with E-state index in [4.69, 9.17) is 0 Å². The number of aryl methyl sites for hydroxylation is 1. The minimum absolute atomic E-state index is 1.24. The zero-order valence-corrected chi connectivity index (χ0v) is 25.3. The van der Waals surface area contributed by atoms with Crippen LogP contribution in [0.1, 0.15) is 11.1 Å². The van der Waals surface area contributed by atoms with E-state index in [2.05, 4.69) is 196 Å². The Morgan fingerprint density at radius 1 is 0.250 bits per heavy atom. The van der Waals surface area contributed by atoms with Gasteiger partial charge in [-0.05, 0) is 93.2 Å². The summed E-state index contributed by atoms with van der Waals surface area (Å²) in [6, 6.07) is 64.4. The number of rotatable bonds is 5. The van der Waals surface area contributed by atoms with Crippen molar-refractivity contribution in [2.75, 3.05) is 0 Å². The molecule has 0 aromatic heterocycles. The van der Waals surface area contributed by atoms with Crippen molar-refractivity contribution in [2.45, 2.75) is 13.8 Å². The highest BCUT2D eigenvalue weighted by Gasteiger charge is 2.08. The Kier molecular flexibility index (Phi) is 8.90. The van der Waals surface area contributed by atoms with E-state index in [1.54, 1.807) is 0 Å². The summed E-state index contributed by atoms with van der Waals surface area (Å²) in [6.45, 7) is 4.34. The van der Waals surface area contributed by atoms with Gasteiger partial charge < -0.3 is 0 Å². The molecular formula is C44H36. The molecule has 0 spiro atoms. The highest BCUT2D eigenvalue weighted by Crippen LogP contribution is 2.34. The van der Waals surface area contributed by atoms with Gasteiger partial charge in [-0.3, -0.25) is 0 Å². The summed E-state index contributed by atoms with van der Waals surface area (Å²) in [4.78, 5) is 0. The van der Waals surface area contributed by atoms with Crippen molar-refractivity contribution >= 4 is 0 Å².